The number of anilines is 3. The largest absolute Gasteiger partial charge is 0.378 e. The first-order valence-electron chi connectivity index (χ1n) is 9.54. The number of likely N-dealkylation sites (tertiary alicyclic amines) is 1. The molecule has 5 rings (SSSR count). The van der Waals surface area contributed by atoms with Gasteiger partial charge in [0.25, 0.3) is 0 Å². The predicted octanol–water partition coefficient (Wildman–Crippen LogP) is 2.05. The van der Waals surface area contributed by atoms with Crippen LogP contribution < -0.4 is 10.2 Å². The van der Waals surface area contributed by atoms with Gasteiger partial charge in [-0.2, -0.15) is 5.26 Å². The number of nitriles is 1. The van der Waals surface area contributed by atoms with Crippen LogP contribution in [-0.4, -0.2) is 66.5 Å². The van der Waals surface area contributed by atoms with Gasteiger partial charge >= 0.3 is 0 Å². The van der Waals surface area contributed by atoms with Crippen molar-refractivity contribution in [2.24, 2.45) is 0 Å². The van der Waals surface area contributed by atoms with Crippen molar-refractivity contribution in [1.82, 2.24) is 14.9 Å². The second-order valence-electron chi connectivity index (χ2n) is 7.65. The summed E-state index contributed by atoms with van der Waals surface area (Å²) in [7, 11) is 0. The smallest absolute Gasteiger partial charge is 0.135 e. The van der Waals surface area contributed by atoms with Crippen LogP contribution in [-0.2, 0) is 4.74 Å². The first-order chi connectivity index (χ1) is 13.7. The summed E-state index contributed by atoms with van der Waals surface area (Å²) in [6, 6.07) is 10.1. The fourth-order valence-electron chi connectivity index (χ4n) is 3.77. The van der Waals surface area contributed by atoms with Gasteiger partial charge in [0.1, 0.15) is 23.6 Å². The number of nitrogens with zero attached hydrogens (tertiary/aromatic N) is 5. The zero-order chi connectivity index (χ0) is 19.1. The van der Waals surface area contributed by atoms with Crippen molar-refractivity contribution in [2.75, 3.05) is 49.6 Å². The highest BCUT2D eigenvalue weighted by Crippen LogP contribution is 2.34. The summed E-state index contributed by atoms with van der Waals surface area (Å²) in [5.41, 5.74) is 1.73. The molecule has 0 aliphatic carbocycles. The van der Waals surface area contributed by atoms with Crippen LogP contribution in [0.15, 0.2) is 30.5 Å². The van der Waals surface area contributed by atoms with E-state index in [-0.39, 0.29) is 0 Å². The molecule has 0 amide bonds. The molecule has 0 saturated carbocycles. The lowest BCUT2D eigenvalue weighted by Crippen LogP contribution is -2.58. The number of hydrogen-bond donors (Lipinski definition) is 1. The highest BCUT2D eigenvalue weighted by Gasteiger charge is 2.37. The molecule has 0 atom stereocenters. The zero-order valence-corrected chi connectivity index (χ0v) is 15.4. The van der Waals surface area contributed by atoms with Crippen molar-refractivity contribution in [1.29, 1.82) is 5.26 Å². The number of hydrogen-bond acceptors (Lipinski definition) is 7. The van der Waals surface area contributed by atoms with Crippen molar-refractivity contribution >= 4 is 17.5 Å². The minimum atomic E-state index is -0.784. The lowest BCUT2D eigenvalue weighted by molar-refractivity contribution is -0.0906. The third-order valence-corrected chi connectivity index (χ3v) is 5.66. The highest BCUT2D eigenvalue weighted by molar-refractivity contribution is 5.59. The zero-order valence-electron chi connectivity index (χ0n) is 15.4. The topological polar surface area (TPSA) is 77.3 Å². The fourth-order valence-corrected chi connectivity index (χ4v) is 3.77. The average molecular weight is 380 g/mol. The van der Waals surface area contributed by atoms with E-state index < -0.39 is 6.17 Å². The van der Waals surface area contributed by atoms with E-state index in [2.05, 4.69) is 32.3 Å². The Hall–Kier alpha value is -2.76. The Morgan fingerprint density at radius 2 is 1.96 bits per heavy atom. The number of alkyl halides is 1. The summed E-state index contributed by atoms with van der Waals surface area (Å²) in [6.45, 7) is 4.43. The molecule has 0 radical (unpaired) electrons. The molecule has 3 saturated heterocycles. The first kappa shape index (κ1) is 17.3. The Balaban J connectivity index is 1.38. The minimum absolute atomic E-state index is 0.383. The Kier molecular flexibility index (Phi) is 4.34. The first-order valence-corrected chi connectivity index (χ1v) is 9.54. The number of pyridine rings is 2. The van der Waals surface area contributed by atoms with Gasteiger partial charge in [-0.25, -0.2) is 14.4 Å². The monoisotopic (exact) mass is 380 g/mol. The molecule has 0 aromatic carbocycles. The second kappa shape index (κ2) is 7.00. The van der Waals surface area contributed by atoms with Gasteiger partial charge in [-0.15, -0.1) is 0 Å². The molecular weight excluding hydrogens is 359 g/mol. The van der Waals surface area contributed by atoms with Crippen molar-refractivity contribution in [3.63, 3.8) is 0 Å². The van der Waals surface area contributed by atoms with Crippen LogP contribution in [0, 0.1) is 11.3 Å². The van der Waals surface area contributed by atoms with E-state index in [1.807, 2.05) is 11.0 Å². The number of nitrogens with one attached hydrogen (secondary N) is 1. The third-order valence-electron chi connectivity index (χ3n) is 5.66. The summed E-state index contributed by atoms with van der Waals surface area (Å²) < 4.78 is 18.6. The van der Waals surface area contributed by atoms with Crippen LogP contribution in [0.25, 0.3) is 0 Å². The lowest BCUT2D eigenvalue weighted by atomic mass is 9.89. The number of aromatic nitrogens is 2. The van der Waals surface area contributed by atoms with Gasteiger partial charge in [0.2, 0.25) is 0 Å². The van der Waals surface area contributed by atoms with Gasteiger partial charge in [-0.05, 0) is 29.8 Å². The normalized spacial score (nSPS) is 20.8. The van der Waals surface area contributed by atoms with Gasteiger partial charge in [-0.1, -0.05) is 0 Å². The van der Waals surface area contributed by atoms with Gasteiger partial charge in [-0.3, -0.25) is 4.90 Å². The minimum Gasteiger partial charge on any atom is -0.378 e. The van der Waals surface area contributed by atoms with E-state index in [1.165, 1.54) is 5.56 Å². The fraction of sp³-hybridized carbons (Fsp3) is 0.450. The molecule has 5 heterocycles. The Morgan fingerprint density at radius 3 is 2.64 bits per heavy atom. The van der Waals surface area contributed by atoms with Crippen LogP contribution >= 0.6 is 0 Å². The molecule has 0 spiro atoms. The Labute approximate surface area is 162 Å². The molecule has 2 aromatic rings. The molecule has 1 N–H and O–H groups in total. The van der Waals surface area contributed by atoms with Gasteiger partial charge < -0.3 is 15.0 Å². The van der Waals surface area contributed by atoms with E-state index >= 15 is 0 Å². The molecular formula is C20H21FN6O. The molecule has 3 aliphatic rings. The molecule has 144 valence electrons. The summed E-state index contributed by atoms with van der Waals surface area (Å²) in [4.78, 5) is 13.3. The number of halogens is 1. The van der Waals surface area contributed by atoms with Crippen LogP contribution in [0.1, 0.15) is 17.0 Å². The Morgan fingerprint density at radius 1 is 1.14 bits per heavy atom. The van der Waals surface area contributed by atoms with Crippen LogP contribution in [0.3, 0.4) is 0 Å². The van der Waals surface area contributed by atoms with E-state index in [1.54, 1.807) is 18.3 Å². The molecule has 0 bridgehead atoms. The van der Waals surface area contributed by atoms with Gasteiger partial charge in [0.15, 0.2) is 0 Å². The summed E-state index contributed by atoms with van der Waals surface area (Å²) in [6.07, 6.45) is 0.813. The highest BCUT2D eigenvalue weighted by atomic mass is 19.1. The quantitative estimate of drug-likeness (QED) is 0.851. The average Bonchev–Trinajstić information content (AvgIpc) is 2.60. The maximum atomic E-state index is 13.4. The third kappa shape index (κ3) is 3.28. The maximum absolute atomic E-state index is 13.4. The molecule has 28 heavy (non-hydrogen) atoms. The van der Waals surface area contributed by atoms with Crippen molar-refractivity contribution in [3.05, 3.63) is 41.6 Å². The van der Waals surface area contributed by atoms with E-state index in [4.69, 9.17) is 10.00 Å². The van der Waals surface area contributed by atoms with Crippen molar-refractivity contribution in [2.45, 2.75) is 18.1 Å². The molecule has 3 fully saturated rings. The molecule has 3 aliphatic heterocycles. The molecule has 2 aromatic heterocycles. The Bertz CT molecular complexity index is 915. The van der Waals surface area contributed by atoms with Crippen molar-refractivity contribution in [3.8, 4) is 6.07 Å². The van der Waals surface area contributed by atoms with Crippen LogP contribution in [0.5, 0.6) is 0 Å². The summed E-state index contributed by atoms with van der Waals surface area (Å²) in [5, 5.41) is 12.3. The lowest BCUT2D eigenvalue weighted by Gasteiger charge is -2.47. The van der Waals surface area contributed by atoms with Crippen molar-refractivity contribution < 1.29 is 9.13 Å². The standard InChI is InChI=1S/C20H21FN6O/c21-16-9-27(10-16)20-5-14(15-7-26(8-15)17-11-28-12-17)4-19(25-20)24-18-3-13(6-22)1-2-23-18/h1-5,15-17H,7-12H2,(H,23,24,25). The van der Waals surface area contributed by atoms with Gasteiger partial charge in [0, 0.05) is 25.2 Å². The SMILES string of the molecule is N#Cc1ccnc(Nc2cc(C3CN(C4COC4)C3)cc(N3CC(F)C3)n2)c1. The van der Waals surface area contributed by atoms with Crippen LogP contribution in [0.4, 0.5) is 21.8 Å². The summed E-state index contributed by atoms with van der Waals surface area (Å²) >= 11 is 0. The predicted molar refractivity (Wildman–Crippen MR) is 103 cm³/mol. The van der Waals surface area contributed by atoms with Gasteiger partial charge in [0.05, 0.1) is 44.0 Å². The van der Waals surface area contributed by atoms with E-state index in [9.17, 15) is 4.39 Å². The van der Waals surface area contributed by atoms with E-state index in [0.29, 0.717) is 42.2 Å². The number of ether oxygens (including phenoxy) is 1. The molecule has 0 unspecified atom stereocenters. The molecule has 8 heteroatoms. The number of rotatable bonds is 5. The summed E-state index contributed by atoms with van der Waals surface area (Å²) in [5.74, 6) is 2.46. The maximum Gasteiger partial charge on any atom is 0.135 e. The molecule has 7 nitrogen and oxygen atoms in total. The van der Waals surface area contributed by atoms with Crippen LogP contribution in [0.2, 0.25) is 0 Å². The van der Waals surface area contributed by atoms with E-state index in [0.717, 1.165) is 32.1 Å². The second-order valence-corrected chi connectivity index (χ2v) is 7.65.